The summed E-state index contributed by atoms with van der Waals surface area (Å²) in [5.41, 5.74) is 9.19. The molecule has 4 aromatic heterocycles. The van der Waals surface area contributed by atoms with Crippen molar-refractivity contribution in [3.63, 3.8) is 0 Å². The molecule has 1 aliphatic rings. The maximum Gasteiger partial charge on any atom is 0.325 e. The number of nitrogens with two attached hydrogens (primary N) is 1. The van der Waals surface area contributed by atoms with Crippen LogP contribution in [0.15, 0.2) is 49.2 Å². The summed E-state index contributed by atoms with van der Waals surface area (Å²) in [5, 5.41) is 30.0. The van der Waals surface area contributed by atoms with E-state index >= 15 is 0 Å². The van der Waals surface area contributed by atoms with E-state index in [1.54, 1.807) is 35.4 Å². The number of hydrogen-bond donors (Lipinski definition) is 3. The van der Waals surface area contributed by atoms with E-state index in [-0.39, 0.29) is 24.1 Å². The summed E-state index contributed by atoms with van der Waals surface area (Å²) in [6, 6.07) is 7.50. The first kappa shape index (κ1) is 22.9. The van der Waals surface area contributed by atoms with Crippen molar-refractivity contribution in [3.8, 4) is 17.2 Å². The van der Waals surface area contributed by atoms with E-state index < -0.39 is 11.9 Å². The van der Waals surface area contributed by atoms with Crippen LogP contribution in [-0.4, -0.2) is 60.5 Å². The number of rotatable bonds is 7. The van der Waals surface area contributed by atoms with Gasteiger partial charge < -0.3 is 21.1 Å². The zero-order valence-corrected chi connectivity index (χ0v) is 19.4. The predicted octanol–water partition coefficient (Wildman–Crippen LogP) is 1.58. The van der Waals surface area contributed by atoms with Crippen molar-refractivity contribution in [2.24, 2.45) is 11.7 Å². The van der Waals surface area contributed by atoms with E-state index in [4.69, 9.17) is 16.1 Å². The van der Waals surface area contributed by atoms with Gasteiger partial charge in [0.2, 0.25) is 0 Å². The van der Waals surface area contributed by atoms with Crippen LogP contribution >= 0.6 is 0 Å². The maximum atomic E-state index is 12.3. The lowest BCUT2D eigenvalue weighted by atomic mass is 10.1. The van der Waals surface area contributed by atoms with Gasteiger partial charge in [0.05, 0.1) is 34.7 Å². The number of aromatic nitrogens is 5. The molecule has 4 aromatic rings. The number of primary amides is 1. The van der Waals surface area contributed by atoms with Gasteiger partial charge in [0.25, 0.3) is 5.91 Å². The van der Waals surface area contributed by atoms with Gasteiger partial charge in [-0.3, -0.25) is 14.3 Å². The number of fused-ring (bicyclic) bond motifs is 1. The molecule has 0 spiro atoms. The zero-order valence-electron chi connectivity index (χ0n) is 19.4. The smallest absolute Gasteiger partial charge is 0.325 e. The largest absolute Gasteiger partial charge is 0.480 e. The Balaban J connectivity index is 1.46. The van der Waals surface area contributed by atoms with Gasteiger partial charge in [-0.2, -0.15) is 15.5 Å². The highest BCUT2D eigenvalue weighted by Crippen LogP contribution is 2.31. The molecule has 0 unspecified atom stereocenters. The van der Waals surface area contributed by atoms with Crippen molar-refractivity contribution >= 4 is 28.9 Å². The predicted molar refractivity (Wildman–Crippen MR) is 130 cm³/mol. The van der Waals surface area contributed by atoms with Crippen molar-refractivity contribution < 1.29 is 14.7 Å². The zero-order chi connectivity index (χ0) is 25.4. The number of nitriles is 1. The van der Waals surface area contributed by atoms with Crippen molar-refractivity contribution in [1.82, 2.24) is 24.4 Å². The number of carboxylic acids is 1. The minimum absolute atomic E-state index is 0.0107. The topological polar surface area (TPSA) is 167 Å². The molecule has 5 heterocycles. The molecule has 0 saturated carbocycles. The number of nitrogens with one attached hydrogen (secondary N) is 1. The van der Waals surface area contributed by atoms with Crippen molar-refractivity contribution in [2.45, 2.75) is 19.5 Å². The highest BCUT2D eigenvalue weighted by atomic mass is 16.4. The molecule has 0 aliphatic carbocycles. The Labute approximate surface area is 205 Å². The molecule has 5 rings (SSSR count). The molecule has 1 fully saturated rings. The van der Waals surface area contributed by atoms with Gasteiger partial charge in [-0.1, -0.05) is 6.92 Å². The number of pyridine rings is 1. The number of aliphatic carboxylic acids is 1. The fourth-order valence-corrected chi connectivity index (χ4v) is 4.46. The fraction of sp³-hybridized carbons (Fsp3) is 0.250. The average Bonchev–Trinajstić information content (AvgIpc) is 3.57. The maximum absolute atomic E-state index is 12.3. The summed E-state index contributed by atoms with van der Waals surface area (Å²) in [4.78, 5) is 29.8. The first-order valence-corrected chi connectivity index (χ1v) is 11.3. The molecule has 12 nitrogen and oxygen atoms in total. The lowest BCUT2D eigenvalue weighted by Crippen LogP contribution is -2.30. The molecular weight excluding hydrogens is 462 g/mol. The second-order valence-electron chi connectivity index (χ2n) is 8.83. The Hall–Kier alpha value is -4.92. The van der Waals surface area contributed by atoms with Crippen molar-refractivity contribution in [2.75, 3.05) is 23.3 Å². The first-order valence-electron chi connectivity index (χ1n) is 11.3. The van der Waals surface area contributed by atoms with E-state index in [9.17, 15) is 9.59 Å². The van der Waals surface area contributed by atoms with E-state index in [1.807, 2.05) is 12.1 Å². The lowest BCUT2D eigenvalue weighted by Gasteiger charge is -2.21. The van der Waals surface area contributed by atoms with Gasteiger partial charge in [0, 0.05) is 48.8 Å². The summed E-state index contributed by atoms with van der Waals surface area (Å²) in [5.74, 6) is -0.578. The van der Waals surface area contributed by atoms with Gasteiger partial charge in [0.1, 0.15) is 18.4 Å². The number of carbonyl (C=O) groups is 2. The standard InChI is InChI=1S/C24H23N9O3/c1-14-9-31(21-3-2-15(5-25)6-27-21)12-19(14)30-23-18(24(26)36)8-29-33-11-16(4-20(23)33)17-7-28-32(10-17)13-22(34)35/h2-4,6-8,10-11,14,19,30H,9,12-13H2,1H3,(H2,26,36)(H,34,35)/t14-,19+/m0/s1. The second-order valence-corrected chi connectivity index (χ2v) is 8.83. The van der Waals surface area contributed by atoms with E-state index in [0.29, 0.717) is 23.3 Å². The number of carboxylic acid groups (broad SMARTS) is 1. The summed E-state index contributed by atoms with van der Waals surface area (Å²) in [7, 11) is 0. The molecule has 1 amide bonds. The third-order valence-corrected chi connectivity index (χ3v) is 6.31. The van der Waals surface area contributed by atoms with Crippen LogP contribution in [0, 0.1) is 17.2 Å². The summed E-state index contributed by atoms with van der Waals surface area (Å²) in [6.45, 7) is 3.26. The number of hydrogen-bond acceptors (Lipinski definition) is 8. The molecular formula is C24H23N9O3. The minimum Gasteiger partial charge on any atom is -0.480 e. The van der Waals surface area contributed by atoms with Crippen molar-refractivity contribution in [1.29, 1.82) is 5.26 Å². The van der Waals surface area contributed by atoms with Crippen LogP contribution in [0.2, 0.25) is 0 Å². The van der Waals surface area contributed by atoms with Gasteiger partial charge in [-0.15, -0.1) is 0 Å². The number of amides is 1. The van der Waals surface area contributed by atoms with Crippen LogP contribution in [0.3, 0.4) is 0 Å². The molecule has 0 bridgehead atoms. The molecule has 1 saturated heterocycles. The Morgan fingerprint density at radius 2 is 2.03 bits per heavy atom. The van der Waals surface area contributed by atoms with Gasteiger partial charge in [-0.05, 0) is 24.1 Å². The van der Waals surface area contributed by atoms with E-state index in [1.165, 1.54) is 10.9 Å². The van der Waals surface area contributed by atoms with Crippen molar-refractivity contribution in [3.05, 3.63) is 60.3 Å². The molecule has 12 heteroatoms. The number of nitrogens with zero attached hydrogens (tertiary/aromatic N) is 7. The Morgan fingerprint density at radius 1 is 1.19 bits per heavy atom. The summed E-state index contributed by atoms with van der Waals surface area (Å²) < 4.78 is 2.99. The van der Waals surface area contributed by atoms with Gasteiger partial charge in [-0.25, -0.2) is 9.50 Å². The SMILES string of the molecule is C[C@H]1CN(c2ccc(C#N)cn2)C[C@H]1Nc1c(C(N)=O)cnn2cc(-c3cnn(CC(=O)O)c3)cc12. The minimum atomic E-state index is -0.984. The third-order valence-electron chi connectivity index (χ3n) is 6.31. The van der Waals surface area contributed by atoms with Gasteiger partial charge >= 0.3 is 5.97 Å². The van der Waals surface area contributed by atoms with E-state index in [0.717, 1.165) is 23.5 Å². The highest BCUT2D eigenvalue weighted by molar-refractivity contribution is 6.02. The average molecular weight is 486 g/mol. The molecule has 0 aromatic carbocycles. The van der Waals surface area contributed by atoms with Crippen LogP contribution in [0.4, 0.5) is 11.5 Å². The molecule has 4 N–H and O–H groups in total. The quantitative estimate of drug-likeness (QED) is 0.352. The summed E-state index contributed by atoms with van der Waals surface area (Å²) >= 11 is 0. The molecule has 0 radical (unpaired) electrons. The van der Waals surface area contributed by atoms with Gasteiger partial charge in [0.15, 0.2) is 0 Å². The van der Waals surface area contributed by atoms with E-state index in [2.05, 4.69) is 38.4 Å². The normalized spacial score (nSPS) is 17.3. The molecule has 2 atom stereocenters. The third kappa shape index (κ3) is 4.29. The molecule has 36 heavy (non-hydrogen) atoms. The Bertz CT molecular complexity index is 1500. The fourth-order valence-electron chi connectivity index (χ4n) is 4.46. The number of carbonyl (C=O) groups excluding carboxylic acids is 1. The monoisotopic (exact) mass is 485 g/mol. The van der Waals surface area contributed by atoms with Crippen LogP contribution in [-0.2, 0) is 11.3 Å². The number of anilines is 2. The van der Waals surface area contributed by atoms with Crippen LogP contribution in [0.1, 0.15) is 22.8 Å². The van der Waals surface area contributed by atoms with Crippen LogP contribution in [0.5, 0.6) is 0 Å². The van der Waals surface area contributed by atoms with Crippen LogP contribution < -0.4 is 16.0 Å². The lowest BCUT2D eigenvalue weighted by molar-refractivity contribution is -0.137. The first-order chi connectivity index (χ1) is 17.3. The second kappa shape index (κ2) is 9.03. The molecule has 182 valence electrons. The Kier molecular flexibility index (Phi) is 5.73. The Morgan fingerprint density at radius 3 is 2.72 bits per heavy atom. The van der Waals surface area contributed by atoms with Crippen LogP contribution in [0.25, 0.3) is 16.6 Å². The highest BCUT2D eigenvalue weighted by Gasteiger charge is 2.32. The molecule has 1 aliphatic heterocycles. The summed E-state index contributed by atoms with van der Waals surface area (Å²) in [6.07, 6.45) is 8.01.